The number of carbonyl (C=O) groups excluding carboxylic acids is 1. The van der Waals surface area contributed by atoms with Gasteiger partial charge in [0.25, 0.3) is 5.91 Å². The summed E-state index contributed by atoms with van der Waals surface area (Å²) in [7, 11) is 0. The first-order valence-electron chi connectivity index (χ1n) is 6.19. The Morgan fingerprint density at radius 1 is 1.37 bits per heavy atom. The van der Waals surface area contributed by atoms with Crippen molar-refractivity contribution in [2.75, 3.05) is 6.61 Å². The molecule has 0 saturated heterocycles. The van der Waals surface area contributed by atoms with Crippen molar-refractivity contribution in [3.63, 3.8) is 0 Å². The first-order valence-corrected chi connectivity index (χ1v) is 6.19. The van der Waals surface area contributed by atoms with Gasteiger partial charge in [-0.2, -0.15) is 0 Å². The molecule has 0 aliphatic carbocycles. The molecule has 5 heteroatoms. The number of amides is 1. The molecule has 1 N–H and O–H groups in total. The number of halogens is 1. The van der Waals surface area contributed by atoms with E-state index in [2.05, 4.69) is 10.5 Å². The van der Waals surface area contributed by atoms with Crippen LogP contribution in [0.5, 0.6) is 0 Å². The molecule has 0 heterocycles. The Hall–Kier alpha value is -1.91. The van der Waals surface area contributed by atoms with Crippen LogP contribution in [0.25, 0.3) is 0 Å². The van der Waals surface area contributed by atoms with E-state index in [0.717, 1.165) is 0 Å². The van der Waals surface area contributed by atoms with Crippen molar-refractivity contribution in [2.24, 2.45) is 11.1 Å². The maximum absolute atomic E-state index is 12.6. The lowest BCUT2D eigenvalue weighted by molar-refractivity contribution is -0.126. The van der Waals surface area contributed by atoms with E-state index in [1.54, 1.807) is 12.1 Å². The van der Waals surface area contributed by atoms with E-state index in [9.17, 15) is 9.18 Å². The Bertz CT molecular complexity index is 430. The SMILES string of the molecule is CC(C)C(C)NC(=O)CO/N=C/c1ccc(F)cc1. The Morgan fingerprint density at radius 3 is 2.58 bits per heavy atom. The normalized spacial score (nSPS) is 12.7. The first kappa shape index (κ1) is 15.1. The zero-order chi connectivity index (χ0) is 14.3. The Morgan fingerprint density at radius 2 is 2.00 bits per heavy atom. The molecule has 0 radical (unpaired) electrons. The van der Waals surface area contributed by atoms with Crippen molar-refractivity contribution < 1.29 is 14.0 Å². The topological polar surface area (TPSA) is 50.7 Å². The smallest absolute Gasteiger partial charge is 0.260 e. The van der Waals surface area contributed by atoms with Crippen LogP contribution in [0.15, 0.2) is 29.4 Å². The van der Waals surface area contributed by atoms with Crippen LogP contribution in [0.1, 0.15) is 26.3 Å². The third-order valence-electron chi connectivity index (χ3n) is 2.73. The Balaban J connectivity index is 2.30. The van der Waals surface area contributed by atoms with Gasteiger partial charge >= 0.3 is 0 Å². The molecular weight excluding hydrogens is 247 g/mol. The van der Waals surface area contributed by atoms with Gasteiger partial charge in [-0.3, -0.25) is 4.79 Å². The number of nitrogens with zero attached hydrogens (tertiary/aromatic N) is 1. The first-order chi connectivity index (χ1) is 8.99. The molecule has 0 aromatic heterocycles. The average molecular weight is 266 g/mol. The second kappa shape index (κ2) is 7.51. The number of hydrogen-bond donors (Lipinski definition) is 1. The van der Waals surface area contributed by atoms with Crippen molar-refractivity contribution in [3.05, 3.63) is 35.6 Å². The van der Waals surface area contributed by atoms with E-state index in [-0.39, 0.29) is 24.4 Å². The third kappa shape index (κ3) is 5.99. The molecule has 1 atom stereocenters. The monoisotopic (exact) mass is 266 g/mol. The number of oxime groups is 1. The fourth-order valence-corrected chi connectivity index (χ4v) is 1.21. The average Bonchev–Trinajstić information content (AvgIpc) is 2.36. The number of rotatable bonds is 6. The summed E-state index contributed by atoms with van der Waals surface area (Å²) in [6.45, 7) is 5.86. The molecular formula is C14H19FN2O2. The summed E-state index contributed by atoms with van der Waals surface area (Å²) in [6, 6.07) is 5.90. The van der Waals surface area contributed by atoms with E-state index in [1.807, 2.05) is 20.8 Å². The molecule has 0 bridgehead atoms. The van der Waals surface area contributed by atoms with E-state index in [1.165, 1.54) is 18.3 Å². The van der Waals surface area contributed by atoms with Crippen molar-refractivity contribution >= 4 is 12.1 Å². The molecule has 0 aliphatic heterocycles. The van der Waals surface area contributed by atoms with Crippen LogP contribution in [-0.4, -0.2) is 24.8 Å². The van der Waals surface area contributed by atoms with Crippen LogP contribution in [0.4, 0.5) is 4.39 Å². The molecule has 1 rings (SSSR count). The van der Waals surface area contributed by atoms with Crippen LogP contribution in [0.2, 0.25) is 0 Å². The van der Waals surface area contributed by atoms with E-state index in [0.29, 0.717) is 11.5 Å². The maximum Gasteiger partial charge on any atom is 0.260 e. The van der Waals surface area contributed by atoms with Crippen molar-refractivity contribution in [3.8, 4) is 0 Å². The molecule has 0 fully saturated rings. The molecule has 0 spiro atoms. The van der Waals surface area contributed by atoms with Gasteiger partial charge in [-0.05, 0) is 30.5 Å². The van der Waals surface area contributed by atoms with E-state index < -0.39 is 0 Å². The van der Waals surface area contributed by atoms with Crippen LogP contribution in [0.3, 0.4) is 0 Å². The standard InChI is InChI=1S/C14H19FN2O2/c1-10(2)11(3)17-14(18)9-19-16-8-12-4-6-13(15)7-5-12/h4-8,10-11H,9H2,1-3H3,(H,17,18)/b16-8+. The van der Waals surface area contributed by atoms with Gasteiger partial charge in [0.2, 0.25) is 0 Å². The molecule has 1 amide bonds. The summed E-state index contributed by atoms with van der Waals surface area (Å²) in [4.78, 5) is 16.3. The van der Waals surface area contributed by atoms with Gasteiger partial charge in [-0.1, -0.05) is 31.1 Å². The molecule has 1 aromatic carbocycles. The largest absolute Gasteiger partial charge is 0.386 e. The Kier molecular flexibility index (Phi) is 5.99. The fourth-order valence-electron chi connectivity index (χ4n) is 1.21. The van der Waals surface area contributed by atoms with Gasteiger partial charge in [-0.15, -0.1) is 0 Å². The predicted octanol–water partition coefficient (Wildman–Crippen LogP) is 2.34. The predicted molar refractivity (Wildman–Crippen MR) is 72.4 cm³/mol. The highest BCUT2D eigenvalue weighted by molar-refractivity contribution is 5.79. The van der Waals surface area contributed by atoms with Gasteiger partial charge in [0, 0.05) is 6.04 Å². The summed E-state index contributed by atoms with van der Waals surface area (Å²) in [5, 5.41) is 6.45. The molecule has 1 unspecified atom stereocenters. The molecule has 104 valence electrons. The highest BCUT2D eigenvalue weighted by atomic mass is 19.1. The minimum absolute atomic E-state index is 0.0946. The van der Waals surface area contributed by atoms with E-state index >= 15 is 0 Å². The summed E-state index contributed by atoms with van der Waals surface area (Å²) in [5.74, 6) is -0.149. The van der Waals surface area contributed by atoms with Gasteiger partial charge in [0.15, 0.2) is 6.61 Å². The van der Waals surface area contributed by atoms with Crippen LogP contribution < -0.4 is 5.32 Å². The van der Waals surface area contributed by atoms with Crippen LogP contribution in [-0.2, 0) is 9.63 Å². The second-order valence-corrected chi connectivity index (χ2v) is 4.66. The summed E-state index contributed by atoms with van der Waals surface area (Å²) in [6.07, 6.45) is 1.43. The van der Waals surface area contributed by atoms with Gasteiger partial charge < -0.3 is 10.2 Å². The second-order valence-electron chi connectivity index (χ2n) is 4.66. The fraction of sp³-hybridized carbons (Fsp3) is 0.429. The van der Waals surface area contributed by atoms with E-state index in [4.69, 9.17) is 4.84 Å². The summed E-state index contributed by atoms with van der Waals surface area (Å²) in [5.41, 5.74) is 0.706. The van der Waals surface area contributed by atoms with Crippen LogP contribution in [0, 0.1) is 11.7 Å². The summed E-state index contributed by atoms with van der Waals surface area (Å²) >= 11 is 0. The zero-order valence-corrected chi connectivity index (χ0v) is 11.4. The number of nitrogens with one attached hydrogen (secondary N) is 1. The van der Waals surface area contributed by atoms with Crippen molar-refractivity contribution in [1.29, 1.82) is 0 Å². The van der Waals surface area contributed by atoms with Crippen molar-refractivity contribution in [1.82, 2.24) is 5.32 Å². The number of carbonyl (C=O) groups is 1. The third-order valence-corrected chi connectivity index (χ3v) is 2.73. The summed E-state index contributed by atoms with van der Waals surface area (Å²) < 4.78 is 12.6. The zero-order valence-electron chi connectivity index (χ0n) is 11.4. The lowest BCUT2D eigenvalue weighted by atomic mass is 10.1. The molecule has 19 heavy (non-hydrogen) atoms. The quantitative estimate of drug-likeness (QED) is 0.634. The van der Waals surface area contributed by atoms with Crippen molar-refractivity contribution in [2.45, 2.75) is 26.8 Å². The molecule has 4 nitrogen and oxygen atoms in total. The lowest BCUT2D eigenvalue weighted by Gasteiger charge is -2.16. The molecule has 1 aromatic rings. The lowest BCUT2D eigenvalue weighted by Crippen LogP contribution is -2.38. The minimum Gasteiger partial charge on any atom is -0.386 e. The van der Waals surface area contributed by atoms with Gasteiger partial charge in [0.05, 0.1) is 6.21 Å². The maximum atomic E-state index is 12.6. The minimum atomic E-state index is -0.305. The molecule has 0 aliphatic rings. The van der Waals surface area contributed by atoms with Crippen LogP contribution >= 0.6 is 0 Å². The van der Waals surface area contributed by atoms with Gasteiger partial charge in [-0.25, -0.2) is 4.39 Å². The molecule has 0 saturated carbocycles. The number of hydrogen-bond acceptors (Lipinski definition) is 3. The number of benzene rings is 1. The highest BCUT2D eigenvalue weighted by Crippen LogP contribution is 2.00. The highest BCUT2D eigenvalue weighted by Gasteiger charge is 2.10. The van der Waals surface area contributed by atoms with Gasteiger partial charge in [0.1, 0.15) is 5.82 Å². The Labute approximate surface area is 112 Å².